The minimum Gasteiger partial charge on any atom is -0.462 e. The van der Waals surface area contributed by atoms with Gasteiger partial charge in [0.05, 0.1) is 12.0 Å². The molecule has 1 saturated heterocycles. The Hall–Kier alpha value is -0.530. The molecular formula is C12H20O2. The molecule has 0 aromatic heterocycles. The second-order valence-corrected chi connectivity index (χ2v) is 4.92. The van der Waals surface area contributed by atoms with E-state index in [0.717, 1.165) is 18.8 Å². The molecule has 1 heterocycles. The zero-order chi connectivity index (χ0) is 9.97. The summed E-state index contributed by atoms with van der Waals surface area (Å²) in [5.41, 5.74) is 0. The van der Waals surface area contributed by atoms with Crippen LogP contribution in [0, 0.1) is 11.8 Å². The largest absolute Gasteiger partial charge is 0.462 e. The van der Waals surface area contributed by atoms with Crippen LogP contribution in [0.2, 0.25) is 0 Å². The van der Waals surface area contributed by atoms with Crippen LogP contribution in [0.15, 0.2) is 0 Å². The summed E-state index contributed by atoms with van der Waals surface area (Å²) in [6.07, 6.45) is 8.98. The number of rotatable bonds is 2. The van der Waals surface area contributed by atoms with E-state index >= 15 is 0 Å². The highest BCUT2D eigenvalue weighted by Gasteiger charge is 2.33. The zero-order valence-corrected chi connectivity index (χ0v) is 9.00. The van der Waals surface area contributed by atoms with E-state index in [1.54, 1.807) is 0 Å². The fourth-order valence-electron chi connectivity index (χ4n) is 2.86. The van der Waals surface area contributed by atoms with Crippen LogP contribution in [0.5, 0.6) is 0 Å². The van der Waals surface area contributed by atoms with E-state index in [0.29, 0.717) is 0 Å². The van der Waals surface area contributed by atoms with Crippen LogP contribution in [0.25, 0.3) is 0 Å². The lowest BCUT2D eigenvalue weighted by atomic mass is 9.82. The van der Waals surface area contributed by atoms with Gasteiger partial charge in [0.25, 0.3) is 0 Å². The molecule has 2 aliphatic rings. The van der Waals surface area contributed by atoms with Gasteiger partial charge in [-0.15, -0.1) is 0 Å². The summed E-state index contributed by atoms with van der Waals surface area (Å²) in [6, 6.07) is 0. The molecular weight excluding hydrogens is 176 g/mol. The number of ether oxygens (including phenoxy) is 1. The molecule has 2 atom stereocenters. The van der Waals surface area contributed by atoms with Crippen LogP contribution in [0.3, 0.4) is 0 Å². The van der Waals surface area contributed by atoms with Crippen molar-refractivity contribution in [1.82, 2.24) is 0 Å². The van der Waals surface area contributed by atoms with Crippen LogP contribution in [0.4, 0.5) is 0 Å². The molecule has 2 rings (SSSR count). The lowest BCUT2D eigenvalue weighted by molar-refractivity contribution is -0.144. The van der Waals surface area contributed by atoms with Crippen molar-refractivity contribution < 1.29 is 9.53 Å². The van der Waals surface area contributed by atoms with Gasteiger partial charge in [0.1, 0.15) is 0 Å². The summed E-state index contributed by atoms with van der Waals surface area (Å²) in [5, 5.41) is 0. The average Bonchev–Trinajstić information content (AvgIpc) is 2.47. The van der Waals surface area contributed by atoms with Gasteiger partial charge in [0, 0.05) is 0 Å². The summed E-state index contributed by atoms with van der Waals surface area (Å²) in [5.74, 6) is 1.07. The first-order chi connectivity index (χ1) is 6.75. The Morgan fingerprint density at radius 2 is 2.00 bits per heavy atom. The number of hydrogen-bond donors (Lipinski definition) is 0. The molecule has 0 aromatic carbocycles. The first kappa shape index (κ1) is 10.0. The maximum Gasteiger partial charge on any atom is 0.309 e. The molecule has 80 valence electrons. The third kappa shape index (κ3) is 2.28. The van der Waals surface area contributed by atoms with Crippen LogP contribution in [0.1, 0.15) is 51.9 Å². The molecule has 14 heavy (non-hydrogen) atoms. The quantitative estimate of drug-likeness (QED) is 0.635. The first-order valence-electron chi connectivity index (χ1n) is 5.96. The molecule has 0 radical (unpaired) electrons. The predicted octanol–water partition coefficient (Wildman–Crippen LogP) is 2.91. The lowest BCUT2D eigenvalue weighted by Crippen LogP contribution is -2.15. The standard InChI is InChI=1S/C12H20O2/c1-9-7-11(12(13)14-9)8-10-5-3-2-4-6-10/h9-11H,2-8H2,1H3/t9?,11-/m0/s1. The van der Waals surface area contributed by atoms with Crippen molar-refractivity contribution in [2.45, 2.75) is 58.0 Å². The van der Waals surface area contributed by atoms with Gasteiger partial charge in [-0.1, -0.05) is 32.1 Å². The summed E-state index contributed by atoms with van der Waals surface area (Å²) >= 11 is 0. The van der Waals surface area contributed by atoms with E-state index < -0.39 is 0 Å². The van der Waals surface area contributed by atoms with Crippen molar-refractivity contribution in [3.8, 4) is 0 Å². The summed E-state index contributed by atoms with van der Waals surface area (Å²) < 4.78 is 5.18. The minimum atomic E-state index is 0.0584. The highest BCUT2D eigenvalue weighted by Crippen LogP contribution is 2.33. The zero-order valence-electron chi connectivity index (χ0n) is 9.00. The molecule has 0 spiro atoms. The van der Waals surface area contributed by atoms with Gasteiger partial charge in [-0.25, -0.2) is 0 Å². The van der Waals surface area contributed by atoms with Gasteiger partial charge in [0.2, 0.25) is 0 Å². The Balaban J connectivity index is 1.81. The van der Waals surface area contributed by atoms with Crippen LogP contribution in [-0.2, 0) is 9.53 Å². The van der Waals surface area contributed by atoms with E-state index in [1.165, 1.54) is 32.1 Å². The Morgan fingerprint density at radius 1 is 1.29 bits per heavy atom. The molecule has 2 fully saturated rings. The second kappa shape index (κ2) is 4.33. The Labute approximate surface area is 86.0 Å². The van der Waals surface area contributed by atoms with Crippen molar-refractivity contribution in [3.63, 3.8) is 0 Å². The fourth-order valence-corrected chi connectivity index (χ4v) is 2.86. The minimum absolute atomic E-state index is 0.0584. The van der Waals surface area contributed by atoms with Gasteiger partial charge in [-0.3, -0.25) is 4.79 Å². The number of carbonyl (C=O) groups is 1. The highest BCUT2D eigenvalue weighted by molar-refractivity contribution is 5.74. The van der Waals surface area contributed by atoms with E-state index in [4.69, 9.17) is 4.74 Å². The van der Waals surface area contributed by atoms with Gasteiger partial charge in [0.15, 0.2) is 0 Å². The molecule has 1 saturated carbocycles. The molecule has 0 N–H and O–H groups in total. The van der Waals surface area contributed by atoms with Crippen molar-refractivity contribution in [3.05, 3.63) is 0 Å². The Bertz CT molecular complexity index is 206. The summed E-state index contributed by atoms with van der Waals surface area (Å²) in [4.78, 5) is 11.4. The Morgan fingerprint density at radius 3 is 2.57 bits per heavy atom. The summed E-state index contributed by atoms with van der Waals surface area (Å²) in [6.45, 7) is 2.00. The third-order valence-corrected chi connectivity index (χ3v) is 3.61. The number of hydrogen-bond acceptors (Lipinski definition) is 2. The molecule has 0 bridgehead atoms. The molecule has 0 amide bonds. The fraction of sp³-hybridized carbons (Fsp3) is 0.917. The van der Waals surface area contributed by atoms with E-state index in [-0.39, 0.29) is 18.0 Å². The van der Waals surface area contributed by atoms with Crippen molar-refractivity contribution in [2.24, 2.45) is 11.8 Å². The molecule has 0 aromatic rings. The third-order valence-electron chi connectivity index (χ3n) is 3.61. The number of carbonyl (C=O) groups excluding carboxylic acids is 1. The topological polar surface area (TPSA) is 26.3 Å². The normalized spacial score (nSPS) is 34.5. The maximum absolute atomic E-state index is 11.4. The smallest absolute Gasteiger partial charge is 0.309 e. The molecule has 2 nitrogen and oxygen atoms in total. The molecule has 1 aliphatic heterocycles. The van der Waals surface area contributed by atoms with Gasteiger partial charge >= 0.3 is 5.97 Å². The second-order valence-electron chi connectivity index (χ2n) is 4.92. The predicted molar refractivity (Wildman–Crippen MR) is 54.9 cm³/mol. The molecule has 2 heteroatoms. The summed E-state index contributed by atoms with van der Waals surface area (Å²) in [7, 11) is 0. The number of esters is 1. The van der Waals surface area contributed by atoms with Gasteiger partial charge in [-0.05, 0) is 25.7 Å². The Kier molecular flexibility index (Phi) is 3.09. The maximum atomic E-state index is 11.4. The highest BCUT2D eigenvalue weighted by atomic mass is 16.5. The SMILES string of the molecule is CC1C[C@@H](CC2CCCCC2)C(=O)O1. The van der Waals surface area contributed by atoms with Crippen LogP contribution < -0.4 is 0 Å². The lowest BCUT2D eigenvalue weighted by Gasteiger charge is -2.22. The van der Waals surface area contributed by atoms with Crippen LogP contribution in [-0.4, -0.2) is 12.1 Å². The van der Waals surface area contributed by atoms with Crippen LogP contribution >= 0.6 is 0 Å². The van der Waals surface area contributed by atoms with Crippen molar-refractivity contribution >= 4 is 5.97 Å². The van der Waals surface area contributed by atoms with E-state index in [2.05, 4.69) is 0 Å². The molecule has 1 aliphatic carbocycles. The monoisotopic (exact) mass is 196 g/mol. The first-order valence-corrected chi connectivity index (χ1v) is 5.96. The average molecular weight is 196 g/mol. The van der Waals surface area contributed by atoms with E-state index in [1.807, 2.05) is 6.92 Å². The van der Waals surface area contributed by atoms with Gasteiger partial charge in [-0.2, -0.15) is 0 Å². The van der Waals surface area contributed by atoms with Crippen molar-refractivity contribution in [1.29, 1.82) is 0 Å². The number of cyclic esters (lactones) is 1. The van der Waals surface area contributed by atoms with Gasteiger partial charge < -0.3 is 4.74 Å². The van der Waals surface area contributed by atoms with E-state index in [9.17, 15) is 4.79 Å². The molecule has 1 unspecified atom stereocenters. The van der Waals surface area contributed by atoms with Crippen molar-refractivity contribution in [2.75, 3.05) is 0 Å².